The molecule has 3 aliphatic heterocycles. The van der Waals surface area contributed by atoms with Gasteiger partial charge in [0.1, 0.15) is 29.6 Å². The summed E-state index contributed by atoms with van der Waals surface area (Å²) in [6.45, 7) is 3.22. The van der Waals surface area contributed by atoms with E-state index in [0.29, 0.717) is 60.8 Å². The maximum atomic E-state index is 12.6. The summed E-state index contributed by atoms with van der Waals surface area (Å²) in [5.74, 6) is -0.138. The smallest absolute Gasteiger partial charge is 0.254 e. The van der Waals surface area contributed by atoms with Gasteiger partial charge in [-0.3, -0.25) is 24.0 Å². The minimum Gasteiger partial charge on any atom is -0.507 e. The number of nitrogens with zero attached hydrogens (tertiary/aromatic N) is 2. The fourth-order valence-corrected chi connectivity index (χ4v) is 7.29. The molecule has 3 heterocycles. The van der Waals surface area contributed by atoms with E-state index < -0.39 is 5.24 Å². The maximum Gasteiger partial charge on any atom is 0.254 e. The second kappa shape index (κ2) is 27.6. The highest BCUT2D eigenvalue weighted by Gasteiger charge is 2.30. The van der Waals surface area contributed by atoms with E-state index in [9.17, 15) is 29.1 Å². The zero-order chi connectivity index (χ0) is 47.0. The number of amides is 2. The number of ether oxygens (including phenoxy) is 1. The zero-order valence-corrected chi connectivity index (χ0v) is 36.7. The van der Waals surface area contributed by atoms with Crippen molar-refractivity contribution in [3.05, 3.63) is 155 Å². The van der Waals surface area contributed by atoms with Crippen LogP contribution in [0.4, 0.5) is 0 Å². The van der Waals surface area contributed by atoms with Gasteiger partial charge in [0.25, 0.3) is 17.1 Å². The van der Waals surface area contributed by atoms with Gasteiger partial charge in [0.2, 0.25) is 0 Å². The van der Waals surface area contributed by atoms with Crippen LogP contribution in [0.3, 0.4) is 0 Å². The van der Waals surface area contributed by atoms with E-state index >= 15 is 0 Å². The van der Waals surface area contributed by atoms with E-state index in [1.165, 1.54) is 30.7 Å². The number of phenolic OH excluding ortho intramolecular Hbond substituents is 3. The first-order valence-electron chi connectivity index (χ1n) is 21.3. The Kier molecular flexibility index (Phi) is 21.7. The Balaban J connectivity index is 0.000000193. The molecule has 0 bridgehead atoms. The Morgan fingerprint density at radius 1 is 0.585 bits per heavy atom. The summed E-state index contributed by atoms with van der Waals surface area (Å²) < 4.78 is 5.72. The Labute approximate surface area is 383 Å². The van der Waals surface area contributed by atoms with Crippen LogP contribution in [0.5, 0.6) is 23.0 Å². The van der Waals surface area contributed by atoms with Crippen LogP contribution in [-0.4, -0.2) is 123 Å². The number of carbonyl (C=O) groups excluding carboxylic acids is 5. The molecule has 0 unspecified atom stereocenters. The highest BCUT2D eigenvalue weighted by atomic mass is 35.5. The van der Waals surface area contributed by atoms with Crippen LogP contribution >= 0.6 is 11.6 Å². The van der Waals surface area contributed by atoms with Crippen molar-refractivity contribution in [2.24, 2.45) is 0 Å². The van der Waals surface area contributed by atoms with E-state index in [2.05, 4.69) is 5.32 Å². The number of aromatic hydroxyl groups is 3. The van der Waals surface area contributed by atoms with E-state index in [0.717, 1.165) is 45.2 Å². The van der Waals surface area contributed by atoms with Crippen LogP contribution in [-0.2, 0) is 0 Å². The molecule has 344 valence electrons. The molecule has 0 aromatic heterocycles. The van der Waals surface area contributed by atoms with Gasteiger partial charge in [-0.25, -0.2) is 0 Å². The van der Waals surface area contributed by atoms with Crippen LogP contribution in [0.15, 0.2) is 127 Å². The first-order valence-corrected chi connectivity index (χ1v) is 21.7. The molecule has 0 radical (unpaired) electrons. The summed E-state index contributed by atoms with van der Waals surface area (Å²) in [6, 6.07) is 36.4. The van der Waals surface area contributed by atoms with Gasteiger partial charge in [-0.1, -0.05) is 78.9 Å². The van der Waals surface area contributed by atoms with Gasteiger partial charge < -0.3 is 45.4 Å². The molecule has 0 spiro atoms. The van der Waals surface area contributed by atoms with Crippen molar-refractivity contribution in [2.75, 3.05) is 39.5 Å². The number of aliphatic hydroxyl groups is 2. The molecule has 5 aromatic carbocycles. The second-order valence-corrected chi connectivity index (χ2v) is 15.4. The predicted octanol–water partition coefficient (Wildman–Crippen LogP) is 6.88. The van der Waals surface area contributed by atoms with Gasteiger partial charge >= 0.3 is 0 Å². The zero-order valence-electron chi connectivity index (χ0n) is 36.0. The SMILES string of the molecule is O=C(Cl)c1ccccc1.O=C(c1ccccc1)N1CCC[C@H]1CO.O=Cc1c(O)cccc1O.O=Cc1c(O)cccc1OC[C@@H]1CCCN1C(=O)c1ccccc1.OC[C@@H]1CCCN1. The number of phenols is 3. The van der Waals surface area contributed by atoms with Crippen molar-refractivity contribution in [3.63, 3.8) is 0 Å². The number of hydrogen-bond acceptors (Lipinski definition) is 12. The third-order valence-electron chi connectivity index (χ3n) is 10.7. The van der Waals surface area contributed by atoms with Crippen molar-refractivity contribution in [1.82, 2.24) is 15.1 Å². The molecule has 3 atom stereocenters. The molecule has 0 aliphatic carbocycles. The molecule has 15 heteroatoms. The number of hydrogen-bond donors (Lipinski definition) is 6. The van der Waals surface area contributed by atoms with Crippen LogP contribution in [0.1, 0.15) is 90.3 Å². The van der Waals surface area contributed by atoms with Gasteiger partial charge in [-0.05, 0) is 105 Å². The monoisotopic (exact) mass is 909 g/mol. The minimum absolute atomic E-state index is 0.00628. The number of aliphatic hydroxyl groups excluding tert-OH is 2. The standard InChI is InChI=1S/C19H19NO4.C12H15NO2.C7H5ClO.C7H6O3.C5H11NO/c21-12-16-17(22)9-4-10-18(16)24-13-15-8-5-11-20(15)19(23)14-6-2-1-3-7-14;14-9-11-7-4-8-13(11)12(15)10-5-2-1-3-6-10;8-7(9)6-4-2-1-3-5-6;8-4-5-6(9)2-1-3-7(5)10;7-4-5-2-1-3-6-5/h1-4,6-7,9-10,12,15,22H,5,8,11,13H2;1-3,5-6,11,14H,4,7-9H2;1-5H;1-4,9-10H;5-7H,1-4H2/t15-;11-;;;5-/m00..0/s1. The molecule has 3 fully saturated rings. The summed E-state index contributed by atoms with van der Waals surface area (Å²) in [7, 11) is 0. The number of halogens is 1. The van der Waals surface area contributed by atoms with Gasteiger partial charge in [0.15, 0.2) is 12.6 Å². The number of likely N-dealkylation sites (tertiary alicyclic amines) is 2. The van der Waals surface area contributed by atoms with Crippen molar-refractivity contribution >= 4 is 41.2 Å². The molecular formula is C50H56ClN3O11. The molecule has 5 aromatic rings. The van der Waals surface area contributed by atoms with Gasteiger partial charge in [0, 0.05) is 35.8 Å². The summed E-state index contributed by atoms with van der Waals surface area (Å²) in [5, 5.41) is 47.9. The average Bonchev–Trinajstić information content (AvgIpc) is 4.16. The minimum atomic E-state index is -0.407. The number of aldehydes is 2. The first kappa shape index (κ1) is 51.1. The second-order valence-electron chi connectivity index (χ2n) is 15.1. The highest BCUT2D eigenvalue weighted by Crippen LogP contribution is 2.28. The van der Waals surface area contributed by atoms with Gasteiger partial charge in [-0.2, -0.15) is 0 Å². The molecule has 3 saturated heterocycles. The Morgan fingerprint density at radius 2 is 1.05 bits per heavy atom. The number of nitrogens with one attached hydrogen (secondary N) is 1. The molecule has 3 aliphatic rings. The fraction of sp³-hybridized carbons (Fsp3) is 0.300. The molecule has 6 N–H and O–H groups in total. The van der Waals surface area contributed by atoms with Crippen molar-refractivity contribution in [1.29, 1.82) is 0 Å². The molecule has 0 saturated carbocycles. The van der Waals surface area contributed by atoms with Crippen LogP contribution in [0, 0.1) is 0 Å². The Morgan fingerprint density at radius 3 is 1.45 bits per heavy atom. The quantitative estimate of drug-likeness (QED) is 0.0625. The maximum absolute atomic E-state index is 12.6. The lowest BCUT2D eigenvalue weighted by Gasteiger charge is -2.25. The largest absolute Gasteiger partial charge is 0.507 e. The third-order valence-corrected chi connectivity index (χ3v) is 10.9. The van der Waals surface area contributed by atoms with E-state index in [1.54, 1.807) is 53.4 Å². The van der Waals surface area contributed by atoms with Crippen molar-refractivity contribution in [2.45, 2.75) is 56.7 Å². The molecular weight excluding hydrogens is 854 g/mol. The topological polar surface area (TPSA) is 214 Å². The summed E-state index contributed by atoms with van der Waals surface area (Å²) >= 11 is 5.16. The fourth-order valence-electron chi connectivity index (χ4n) is 7.17. The van der Waals surface area contributed by atoms with E-state index in [-0.39, 0.29) is 58.9 Å². The normalized spacial score (nSPS) is 17.0. The van der Waals surface area contributed by atoms with Crippen molar-refractivity contribution in [3.8, 4) is 23.0 Å². The Hall–Kier alpha value is -6.58. The number of benzene rings is 5. The average molecular weight is 910 g/mol. The van der Waals surface area contributed by atoms with Crippen LogP contribution < -0.4 is 10.1 Å². The summed E-state index contributed by atoms with van der Waals surface area (Å²) in [5.41, 5.74) is 1.98. The highest BCUT2D eigenvalue weighted by molar-refractivity contribution is 6.67. The van der Waals surface area contributed by atoms with Gasteiger partial charge in [0.05, 0.1) is 36.4 Å². The van der Waals surface area contributed by atoms with Crippen LogP contribution in [0.25, 0.3) is 0 Å². The summed E-state index contributed by atoms with van der Waals surface area (Å²) in [6.07, 6.45) is 7.04. The van der Waals surface area contributed by atoms with E-state index in [1.807, 2.05) is 59.5 Å². The number of rotatable bonds is 10. The molecule has 14 nitrogen and oxygen atoms in total. The lowest BCUT2D eigenvalue weighted by atomic mass is 10.1. The molecule has 8 rings (SSSR count). The van der Waals surface area contributed by atoms with Crippen LogP contribution in [0.2, 0.25) is 0 Å². The predicted molar refractivity (Wildman–Crippen MR) is 247 cm³/mol. The summed E-state index contributed by atoms with van der Waals surface area (Å²) in [4.78, 5) is 59.9. The van der Waals surface area contributed by atoms with Crippen molar-refractivity contribution < 1.29 is 54.2 Å². The van der Waals surface area contributed by atoms with E-state index in [4.69, 9.17) is 36.8 Å². The van der Waals surface area contributed by atoms with Gasteiger partial charge in [-0.15, -0.1) is 0 Å². The third kappa shape index (κ3) is 15.9. The lowest BCUT2D eigenvalue weighted by Crippen LogP contribution is -2.39. The Bertz CT molecular complexity index is 2220. The lowest BCUT2D eigenvalue weighted by molar-refractivity contribution is 0.0675. The molecule has 2 amide bonds. The molecule has 65 heavy (non-hydrogen) atoms. The first-order chi connectivity index (χ1) is 31.5. The number of carbonyl (C=O) groups is 5.